The molecule has 100 valence electrons. The van der Waals surface area contributed by atoms with Gasteiger partial charge in [0, 0.05) is 24.3 Å². The molecule has 0 spiro atoms. The fraction of sp³-hybridized carbons (Fsp3) is 0.400. The predicted molar refractivity (Wildman–Crippen MR) is 69.2 cm³/mol. The van der Waals surface area contributed by atoms with Crippen LogP contribution in [-0.2, 0) is 10.0 Å². The minimum atomic E-state index is -3.23. The number of carbonyl (C=O) groups is 1. The Balaban J connectivity index is 2.51. The molecule has 0 fully saturated rings. The first-order valence-corrected chi connectivity index (χ1v) is 7.42. The van der Waals surface area contributed by atoms with Crippen LogP contribution in [-0.4, -0.2) is 38.7 Å². The number of halogens is 1. The average Bonchev–Trinajstić information content (AvgIpc) is 2.21. The van der Waals surface area contributed by atoms with E-state index < -0.39 is 10.0 Å². The topological polar surface area (TPSA) is 88.2 Å². The first-order valence-electron chi connectivity index (χ1n) is 5.15. The first kappa shape index (κ1) is 14.9. The molecule has 1 aromatic heterocycles. The first-order chi connectivity index (χ1) is 8.28. The van der Waals surface area contributed by atoms with Crippen LogP contribution in [0.1, 0.15) is 16.1 Å². The van der Waals surface area contributed by atoms with Crippen molar-refractivity contribution in [3.8, 4) is 0 Å². The Morgan fingerprint density at radius 3 is 2.61 bits per heavy atom. The van der Waals surface area contributed by atoms with Gasteiger partial charge in [-0.2, -0.15) is 0 Å². The van der Waals surface area contributed by atoms with Crippen LogP contribution in [0.2, 0.25) is 5.15 Å². The Morgan fingerprint density at radius 1 is 1.39 bits per heavy atom. The van der Waals surface area contributed by atoms with E-state index in [1.165, 1.54) is 6.07 Å². The van der Waals surface area contributed by atoms with Gasteiger partial charge in [0.25, 0.3) is 5.91 Å². The molecule has 6 nitrogen and oxygen atoms in total. The van der Waals surface area contributed by atoms with E-state index in [0.717, 1.165) is 6.26 Å². The molecule has 0 saturated heterocycles. The number of carbonyl (C=O) groups excluding carboxylic acids is 1. The van der Waals surface area contributed by atoms with Crippen molar-refractivity contribution in [1.82, 2.24) is 15.0 Å². The maximum Gasteiger partial charge on any atom is 0.251 e. The molecular formula is C10H14ClN3O3S. The maximum atomic E-state index is 11.7. The summed E-state index contributed by atoms with van der Waals surface area (Å²) in [4.78, 5) is 15.6. The second-order valence-electron chi connectivity index (χ2n) is 3.74. The van der Waals surface area contributed by atoms with Crippen molar-refractivity contribution in [2.75, 3.05) is 19.3 Å². The van der Waals surface area contributed by atoms with Gasteiger partial charge in [-0.1, -0.05) is 11.6 Å². The molecule has 0 atom stereocenters. The summed E-state index contributed by atoms with van der Waals surface area (Å²) in [6.45, 7) is 2.07. The lowest BCUT2D eigenvalue weighted by atomic mass is 10.2. The van der Waals surface area contributed by atoms with Gasteiger partial charge < -0.3 is 5.32 Å². The van der Waals surface area contributed by atoms with Crippen molar-refractivity contribution >= 4 is 27.5 Å². The SMILES string of the molecule is Cc1cc(C(=O)NCCNS(C)(=O)=O)cc(Cl)n1. The number of aryl methyl sites for hydroxylation is 1. The number of sulfonamides is 1. The van der Waals surface area contributed by atoms with Gasteiger partial charge in [0.05, 0.1) is 6.26 Å². The standard InChI is InChI=1S/C10H14ClN3O3S/c1-7-5-8(6-9(11)14-7)10(15)12-3-4-13-18(2,16)17/h5-6,13H,3-4H2,1-2H3,(H,12,15). The fourth-order valence-corrected chi connectivity index (χ4v) is 2.00. The highest BCUT2D eigenvalue weighted by Crippen LogP contribution is 2.09. The van der Waals surface area contributed by atoms with Crippen LogP contribution in [0.4, 0.5) is 0 Å². The lowest BCUT2D eigenvalue weighted by molar-refractivity contribution is 0.0954. The van der Waals surface area contributed by atoms with Crippen molar-refractivity contribution in [2.45, 2.75) is 6.92 Å². The molecule has 18 heavy (non-hydrogen) atoms. The van der Waals surface area contributed by atoms with Crippen molar-refractivity contribution in [2.24, 2.45) is 0 Å². The molecule has 1 heterocycles. The number of rotatable bonds is 5. The monoisotopic (exact) mass is 291 g/mol. The van der Waals surface area contributed by atoms with Crippen molar-refractivity contribution in [3.05, 3.63) is 28.5 Å². The molecule has 0 bridgehead atoms. The van der Waals surface area contributed by atoms with E-state index in [0.29, 0.717) is 11.3 Å². The number of hydrogen-bond acceptors (Lipinski definition) is 4. The van der Waals surface area contributed by atoms with Crippen LogP contribution >= 0.6 is 11.6 Å². The molecule has 0 unspecified atom stereocenters. The summed E-state index contributed by atoms with van der Waals surface area (Å²) >= 11 is 5.73. The fourth-order valence-electron chi connectivity index (χ4n) is 1.27. The lowest BCUT2D eigenvalue weighted by Gasteiger charge is -2.06. The average molecular weight is 292 g/mol. The summed E-state index contributed by atoms with van der Waals surface area (Å²) in [5.41, 5.74) is 1.04. The molecule has 1 rings (SSSR count). The zero-order valence-corrected chi connectivity index (χ0v) is 11.6. The van der Waals surface area contributed by atoms with Crippen molar-refractivity contribution in [1.29, 1.82) is 0 Å². The third-order valence-corrected chi connectivity index (χ3v) is 2.88. The van der Waals surface area contributed by atoms with Gasteiger partial charge in [-0.3, -0.25) is 4.79 Å². The molecule has 0 saturated carbocycles. The van der Waals surface area contributed by atoms with Crippen LogP contribution in [0.15, 0.2) is 12.1 Å². The summed E-state index contributed by atoms with van der Waals surface area (Å²) in [5.74, 6) is -0.322. The van der Waals surface area contributed by atoms with Gasteiger partial charge in [-0.15, -0.1) is 0 Å². The van der Waals surface area contributed by atoms with Crippen molar-refractivity contribution < 1.29 is 13.2 Å². The molecule has 0 aromatic carbocycles. The normalized spacial score (nSPS) is 11.3. The number of hydrogen-bond donors (Lipinski definition) is 2. The van der Waals surface area contributed by atoms with Crippen LogP contribution in [0.5, 0.6) is 0 Å². The summed E-state index contributed by atoms with van der Waals surface area (Å²) < 4.78 is 23.8. The Hall–Kier alpha value is -1.18. The number of aromatic nitrogens is 1. The van der Waals surface area contributed by atoms with Crippen LogP contribution in [0.3, 0.4) is 0 Å². The third-order valence-electron chi connectivity index (χ3n) is 1.96. The second-order valence-corrected chi connectivity index (χ2v) is 5.96. The Morgan fingerprint density at radius 2 is 2.06 bits per heavy atom. The van der Waals surface area contributed by atoms with Gasteiger partial charge in [-0.25, -0.2) is 18.1 Å². The van der Waals surface area contributed by atoms with Gasteiger partial charge in [0.2, 0.25) is 10.0 Å². The molecule has 1 amide bonds. The highest BCUT2D eigenvalue weighted by atomic mass is 35.5. The third kappa shape index (κ3) is 5.44. The molecule has 2 N–H and O–H groups in total. The lowest BCUT2D eigenvalue weighted by Crippen LogP contribution is -2.34. The predicted octanol–water partition coefficient (Wildman–Crippen LogP) is 0.322. The largest absolute Gasteiger partial charge is 0.351 e. The van der Waals surface area contributed by atoms with E-state index in [1.807, 2.05) is 0 Å². The molecule has 0 aliphatic heterocycles. The van der Waals surface area contributed by atoms with Gasteiger partial charge in [0.1, 0.15) is 5.15 Å². The Bertz CT molecular complexity index is 525. The van der Waals surface area contributed by atoms with Crippen LogP contribution < -0.4 is 10.0 Å². The zero-order valence-electron chi connectivity index (χ0n) is 10.0. The van der Waals surface area contributed by atoms with Gasteiger partial charge in [0.15, 0.2) is 0 Å². The molecule has 0 aliphatic carbocycles. The van der Waals surface area contributed by atoms with Crippen LogP contribution in [0, 0.1) is 6.92 Å². The summed E-state index contributed by atoms with van der Waals surface area (Å²) in [6, 6.07) is 3.05. The minimum Gasteiger partial charge on any atom is -0.351 e. The molecule has 8 heteroatoms. The Labute approximate surface area is 111 Å². The molecule has 0 aliphatic rings. The van der Waals surface area contributed by atoms with E-state index in [4.69, 9.17) is 11.6 Å². The van der Waals surface area contributed by atoms with E-state index in [-0.39, 0.29) is 24.1 Å². The highest BCUT2D eigenvalue weighted by molar-refractivity contribution is 7.88. The number of amides is 1. The smallest absolute Gasteiger partial charge is 0.251 e. The second kappa shape index (κ2) is 6.12. The summed E-state index contributed by atoms with van der Waals surface area (Å²) in [5, 5.41) is 2.82. The number of nitrogens with zero attached hydrogens (tertiary/aromatic N) is 1. The molecule has 1 aromatic rings. The van der Waals surface area contributed by atoms with Gasteiger partial charge in [-0.05, 0) is 19.1 Å². The summed E-state index contributed by atoms with van der Waals surface area (Å²) in [6.07, 6.45) is 1.06. The van der Waals surface area contributed by atoms with E-state index in [1.54, 1.807) is 13.0 Å². The van der Waals surface area contributed by atoms with E-state index >= 15 is 0 Å². The Kier molecular flexibility index (Phi) is 5.06. The summed E-state index contributed by atoms with van der Waals surface area (Å²) in [7, 11) is -3.23. The van der Waals surface area contributed by atoms with E-state index in [2.05, 4.69) is 15.0 Å². The van der Waals surface area contributed by atoms with Crippen LogP contribution in [0.25, 0.3) is 0 Å². The van der Waals surface area contributed by atoms with Crippen molar-refractivity contribution in [3.63, 3.8) is 0 Å². The minimum absolute atomic E-state index is 0.141. The molecular weight excluding hydrogens is 278 g/mol. The zero-order chi connectivity index (χ0) is 13.8. The quantitative estimate of drug-likeness (QED) is 0.604. The highest BCUT2D eigenvalue weighted by Gasteiger charge is 2.07. The number of pyridine rings is 1. The van der Waals surface area contributed by atoms with Gasteiger partial charge >= 0.3 is 0 Å². The number of nitrogens with one attached hydrogen (secondary N) is 2. The van der Waals surface area contributed by atoms with E-state index in [9.17, 15) is 13.2 Å². The molecule has 0 radical (unpaired) electrons. The maximum absolute atomic E-state index is 11.7.